The third kappa shape index (κ3) is 3.75. The van der Waals surface area contributed by atoms with Crippen LogP contribution < -0.4 is 0 Å². The van der Waals surface area contributed by atoms with Crippen molar-refractivity contribution < 1.29 is 9.84 Å². The molecule has 0 spiro atoms. The largest absolute Gasteiger partial charge is 0.496 e. The van der Waals surface area contributed by atoms with Gasteiger partial charge in [0, 0.05) is 0 Å². The normalized spacial score (nSPS) is 10.7. The molecular weight excluding hydrogens is 224 g/mol. The van der Waals surface area contributed by atoms with Crippen LogP contribution in [0.3, 0.4) is 0 Å². The lowest BCUT2D eigenvalue weighted by atomic mass is 10.1. The van der Waals surface area contributed by atoms with Crippen molar-refractivity contribution in [2.24, 2.45) is 0 Å². The summed E-state index contributed by atoms with van der Waals surface area (Å²) in [5.41, 5.74) is 3.12. The van der Waals surface area contributed by atoms with E-state index in [-0.39, 0.29) is 6.61 Å². The number of rotatable bonds is 5. The fourth-order valence-corrected chi connectivity index (χ4v) is 1.58. The van der Waals surface area contributed by atoms with Gasteiger partial charge in [-0.15, -0.1) is 0 Å². The van der Waals surface area contributed by atoms with Gasteiger partial charge in [0.15, 0.2) is 0 Å². The summed E-state index contributed by atoms with van der Waals surface area (Å²) in [5.74, 6) is 0. The van der Waals surface area contributed by atoms with Gasteiger partial charge in [-0.25, -0.2) is 0 Å². The van der Waals surface area contributed by atoms with Crippen LogP contribution in [0.2, 0.25) is 0 Å². The van der Waals surface area contributed by atoms with Crippen molar-refractivity contribution in [3.63, 3.8) is 0 Å². The average molecular weight is 240 g/mol. The number of hydrogen-bond acceptors (Lipinski definition) is 2. The van der Waals surface area contributed by atoms with E-state index < -0.39 is 0 Å². The Morgan fingerprint density at radius 1 is 0.889 bits per heavy atom. The topological polar surface area (TPSA) is 29.5 Å². The first-order valence-corrected chi connectivity index (χ1v) is 5.90. The van der Waals surface area contributed by atoms with E-state index in [1.807, 2.05) is 60.7 Å². The van der Waals surface area contributed by atoms with Crippen molar-refractivity contribution in [2.75, 3.05) is 0 Å². The lowest BCUT2D eigenvalue weighted by Gasteiger charge is -2.02. The number of hydrogen-bond donors (Lipinski definition) is 1. The van der Waals surface area contributed by atoms with Gasteiger partial charge in [0.25, 0.3) is 0 Å². The van der Waals surface area contributed by atoms with Crippen LogP contribution >= 0.6 is 0 Å². The predicted molar refractivity (Wildman–Crippen MR) is 72.6 cm³/mol. The van der Waals surface area contributed by atoms with Crippen LogP contribution in [0.4, 0.5) is 0 Å². The molecule has 2 rings (SSSR count). The molecular formula is C16H16O2. The minimum absolute atomic E-state index is 0.0784. The van der Waals surface area contributed by atoms with Crippen LogP contribution in [-0.4, -0.2) is 5.11 Å². The van der Waals surface area contributed by atoms with Gasteiger partial charge in [0.1, 0.15) is 6.61 Å². The number of aliphatic hydroxyl groups is 1. The van der Waals surface area contributed by atoms with Crippen LogP contribution in [0.15, 0.2) is 60.9 Å². The summed E-state index contributed by atoms with van der Waals surface area (Å²) in [6.45, 7) is 0.615. The molecule has 0 fully saturated rings. The second-order valence-electron chi connectivity index (χ2n) is 4.00. The maximum Gasteiger partial charge on any atom is 0.112 e. The van der Waals surface area contributed by atoms with E-state index in [0.29, 0.717) is 6.61 Å². The Balaban J connectivity index is 1.83. The fourth-order valence-electron chi connectivity index (χ4n) is 1.58. The Labute approximate surface area is 107 Å². The lowest BCUT2D eigenvalue weighted by Crippen LogP contribution is -1.88. The lowest BCUT2D eigenvalue weighted by molar-refractivity contribution is 0.239. The highest BCUT2D eigenvalue weighted by Crippen LogP contribution is 2.07. The van der Waals surface area contributed by atoms with Crippen LogP contribution in [0.1, 0.15) is 16.7 Å². The first-order chi connectivity index (χ1) is 8.88. The highest BCUT2D eigenvalue weighted by Gasteiger charge is 1.93. The van der Waals surface area contributed by atoms with Crippen molar-refractivity contribution in [3.05, 3.63) is 77.5 Å². The molecule has 0 aliphatic carbocycles. The molecule has 0 heterocycles. The Morgan fingerprint density at radius 3 is 2.22 bits per heavy atom. The quantitative estimate of drug-likeness (QED) is 0.812. The predicted octanol–water partition coefficient (Wildman–Crippen LogP) is 3.37. The molecule has 0 saturated heterocycles. The van der Waals surface area contributed by atoms with Gasteiger partial charge in [0.2, 0.25) is 0 Å². The maximum absolute atomic E-state index is 8.93. The van der Waals surface area contributed by atoms with E-state index in [4.69, 9.17) is 9.84 Å². The highest BCUT2D eigenvalue weighted by molar-refractivity contribution is 5.47. The Kier molecular flexibility index (Phi) is 4.56. The monoisotopic (exact) mass is 240 g/mol. The third-order valence-electron chi connectivity index (χ3n) is 2.61. The molecule has 0 amide bonds. The van der Waals surface area contributed by atoms with Gasteiger partial charge in [-0.1, -0.05) is 54.6 Å². The summed E-state index contributed by atoms with van der Waals surface area (Å²) >= 11 is 0. The zero-order valence-electron chi connectivity index (χ0n) is 10.1. The molecule has 0 bridgehead atoms. The Morgan fingerprint density at radius 2 is 1.56 bits per heavy atom. The van der Waals surface area contributed by atoms with Gasteiger partial charge in [-0.3, -0.25) is 0 Å². The summed E-state index contributed by atoms with van der Waals surface area (Å²) < 4.78 is 5.45. The first kappa shape index (κ1) is 12.4. The number of aliphatic hydroxyl groups excluding tert-OH is 1. The van der Waals surface area contributed by atoms with Crippen molar-refractivity contribution in [2.45, 2.75) is 13.2 Å². The molecule has 2 aromatic rings. The minimum Gasteiger partial charge on any atom is -0.496 e. The molecule has 92 valence electrons. The molecule has 0 atom stereocenters. The standard InChI is InChI=1S/C16H16O2/c17-12-15-6-8-16(9-7-15)13-18-11-10-14-4-2-1-3-5-14/h1-11,17H,12-13H2. The van der Waals surface area contributed by atoms with Gasteiger partial charge in [-0.2, -0.15) is 0 Å². The van der Waals surface area contributed by atoms with Gasteiger partial charge < -0.3 is 9.84 Å². The molecule has 0 aromatic heterocycles. The molecule has 2 heteroatoms. The Hall–Kier alpha value is -2.06. The van der Waals surface area contributed by atoms with Gasteiger partial charge >= 0.3 is 0 Å². The number of benzene rings is 2. The average Bonchev–Trinajstić information content (AvgIpc) is 2.45. The van der Waals surface area contributed by atoms with Crippen molar-refractivity contribution in [1.29, 1.82) is 0 Å². The van der Waals surface area contributed by atoms with Crippen LogP contribution in [-0.2, 0) is 18.0 Å². The summed E-state index contributed by atoms with van der Waals surface area (Å²) in [6, 6.07) is 17.7. The summed E-state index contributed by atoms with van der Waals surface area (Å²) in [6.07, 6.45) is 3.64. The van der Waals surface area contributed by atoms with E-state index in [9.17, 15) is 0 Å². The molecule has 0 unspecified atom stereocenters. The van der Waals surface area contributed by atoms with Crippen LogP contribution in [0.5, 0.6) is 0 Å². The van der Waals surface area contributed by atoms with Crippen LogP contribution in [0.25, 0.3) is 6.08 Å². The van der Waals surface area contributed by atoms with Crippen LogP contribution in [0, 0.1) is 0 Å². The third-order valence-corrected chi connectivity index (χ3v) is 2.61. The zero-order chi connectivity index (χ0) is 12.6. The molecule has 0 radical (unpaired) electrons. The summed E-state index contributed by atoms with van der Waals surface area (Å²) in [5, 5.41) is 8.93. The minimum atomic E-state index is 0.0784. The maximum atomic E-state index is 8.93. The van der Waals surface area contributed by atoms with E-state index in [1.54, 1.807) is 6.26 Å². The molecule has 18 heavy (non-hydrogen) atoms. The van der Waals surface area contributed by atoms with E-state index in [0.717, 1.165) is 16.7 Å². The molecule has 0 aliphatic rings. The van der Waals surface area contributed by atoms with E-state index >= 15 is 0 Å². The Bertz CT molecular complexity index is 486. The first-order valence-electron chi connectivity index (χ1n) is 5.90. The SMILES string of the molecule is OCc1ccc(COC=Cc2ccccc2)cc1. The van der Waals surface area contributed by atoms with E-state index in [1.165, 1.54) is 0 Å². The van der Waals surface area contributed by atoms with E-state index in [2.05, 4.69) is 0 Å². The summed E-state index contributed by atoms with van der Waals surface area (Å²) in [4.78, 5) is 0. The molecule has 2 aromatic carbocycles. The van der Waals surface area contributed by atoms with Crippen molar-refractivity contribution >= 4 is 6.08 Å². The zero-order valence-corrected chi connectivity index (χ0v) is 10.1. The summed E-state index contributed by atoms with van der Waals surface area (Å²) in [7, 11) is 0. The van der Waals surface area contributed by atoms with Crippen molar-refractivity contribution in [3.8, 4) is 0 Å². The molecule has 0 aliphatic heterocycles. The van der Waals surface area contributed by atoms with Crippen molar-refractivity contribution in [1.82, 2.24) is 0 Å². The fraction of sp³-hybridized carbons (Fsp3) is 0.125. The highest BCUT2D eigenvalue weighted by atomic mass is 16.5. The molecule has 0 saturated carbocycles. The van der Waals surface area contributed by atoms with Gasteiger partial charge in [-0.05, 0) is 22.8 Å². The van der Waals surface area contributed by atoms with Gasteiger partial charge in [0.05, 0.1) is 12.9 Å². The number of ether oxygens (including phenoxy) is 1. The molecule has 2 nitrogen and oxygen atoms in total. The molecule has 1 N–H and O–H groups in total. The second-order valence-corrected chi connectivity index (χ2v) is 4.00. The second kappa shape index (κ2) is 6.62. The smallest absolute Gasteiger partial charge is 0.112 e.